The first-order chi connectivity index (χ1) is 11.6. The van der Waals surface area contributed by atoms with Crippen LogP contribution in [0.3, 0.4) is 0 Å². The van der Waals surface area contributed by atoms with Gasteiger partial charge in [-0.1, -0.05) is 13.8 Å². The van der Waals surface area contributed by atoms with Crippen molar-refractivity contribution in [2.24, 2.45) is 5.92 Å². The van der Waals surface area contributed by atoms with Gasteiger partial charge in [0, 0.05) is 13.5 Å². The third-order valence-electron chi connectivity index (χ3n) is 2.72. The summed E-state index contributed by atoms with van der Waals surface area (Å²) in [4.78, 5) is 34.0. The molecule has 0 fully saturated rings. The van der Waals surface area contributed by atoms with Crippen LogP contribution in [0.5, 0.6) is 0 Å². The molecule has 146 valence electrons. The van der Waals surface area contributed by atoms with E-state index in [1.54, 1.807) is 20.8 Å². The van der Waals surface area contributed by atoms with Gasteiger partial charge in [-0.3, -0.25) is 23.4 Å². The zero-order chi connectivity index (χ0) is 19.5. The highest BCUT2D eigenvalue weighted by Gasteiger charge is 2.36. The van der Waals surface area contributed by atoms with E-state index >= 15 is 0 Å². The standard InChI is InChI=1S/C14H26NO9P/c1-6-22-25(19,23-9-21-11(4)16)24-13(10(2)3)14(18)15-8-7-12(17)20-5/h10,13H,6-9H2,1-5H3,(H,15,18)/t13-,25?/m1/s1. The van der Waals surface area contributed by atoms with Crippen LogP contribution >= 0.6 is 7.82 Å². The maximum absolute atomic E-state index is 12.5. The van der Waals surface area contributed by atoms with Gasteiger partial charge in [0.15, 0.2) is 0 Å². The molecular weight excluding hydrogens is 357 g/mol. The highest BCUT2D eigenvalue weighted by atomic mass is 31.2. The first-order valence-electron chi connectivity index (χ1n) is 7.70. The van der Waals surface area contributed by atoms with Gasteiger partial charge in [0.1, 0.15) is 6.10 Å². The lowest BCUT2D eigenvalue weighted by atomic mass is 10.1. The summed E-state index contributed by atoms with van der Waals surface area (Å²) >= 11 is 0. The molecule has 0 aliphatic rings. The van der Waals surface area contributed by atoms with Gasteiger partial charge < -0.3 is 14.8 Å². The molecule has 1 unspecified atom stereocenters. The van der Waals surface area contributed by atoms with Crippen molar-refractivity contribution in [2.45, 2.75) is 40.2 Å². The fraction of sp³-hybridized carbons (Fsp3) is 0.786. The number of rotatable bonds is 12. The molecule has 1 amide bonds. The second kappa shape index (κ2) is 12.0. The number of nitrogens with one attached hydrogen (secondary N) is 1. The molecule has 0 saturated heterocycles. The van der Waals surface area contributed by atoms with Crippen LogP contribution in [0, 0.1) is 5.92 Å². The summed E-state index contributed by atoms with van der Waals surface area (Å²) in [5, 5.41) is 2.49. The van der Waals surface area contributed by atoms with Crippen molar-refractivity contribution in [3.8, 4) is 0 Å². The monoisotopic (exact) mass is 383 g/mol. The lowest BCUT2D eigenvalue weighted by Crippen LogP contribution is -2.40. The number of phosphoric ester groups is 1. The maximum Gasteiger partial charge on any atom is 0.478 e. The number of phosphoric acid groups is 1. The highest BCUT2D eigenvalue weighted by Crippen LogP contribution is 2.51. The fourth-order valence-corrected chi connectivity index (χ4v) is 2.84. The predicted octanol–water partition coefficient (Wildman–Crippen LogP) is 1.39. The van der Waals surface area contributed by atoms with Gasteiger partial charge in [-0.2, -0.15) is 0 Å². The summed E-state index contributed by atoms with van der Waals surface area (Å²) in [7, 11) is -2.89. The van der Waals surface area contributed by atoms with Crippen LogP contribution < -0.4 is 5.32 Å². The van der Waals surface area contributed by atoms with Crippen LogP contribution in [0.2, 0.25) is 0 Å². The third-order valence-corrected chi connectivity index (χ3v) is 4.20. The summed E-state index contributed by atoms with van der Waals surface area (Å²) in [5.41, 5.74) is 0. The number of hydrogen-bond donors (Lipinski definition) is 1. The number of carbonyl (C=O) groups is 3. The molecular formula is C14H26NO9P. The van der Waals surface area contributed by atoms with E-state index in [0.717, 1.165) is 6.92 Å². The second-order valence-corrected chi connectivity index (χ2v) is 6.76. The zero-order valence-electron chi connectivity index (χ0n) is 15.1. The van der Waals surface area contributed by atoms with Crippen molar-refractivity contribution >= 4 is 25.7 Å². The van der Waals surface area contributed by atoms with Gasteiger partial charge in [0.2, 0.25) is 12.7 Å². The molecule has 0 radical (unpaired) electrons. The number of esters is 2. The summed E-state index contributed by atoms with van der Waals surface area (Å²) < 4.78 is 36.7. The van der Waals surface area contributed by atoms with Gasteiger partial charge in [0.25, 0.3) is 0 Å². The number of ether oxygens (including phenoxy) is 2. The van der Waals surface area contributed by atoms with E-state index in [1.165, 1.54) is 7.11 Å². The average molecular weight is 383 g/mol. The Balaban J connectivity index is 4.84. The molecule has 0 aromatic carbocycles. The van der Waals surface area contributed by atoms with Crippen LogP contribution in [0.15, 0.2) is 0 Å². The van der Waals surface area contributed by atoms with E-state index in [2.05, 4.69) is 14.8 Å². The van der Waals surface area contributed by atoms with Crippen molar-refractivity contribution in [2.75, 3.05) is 27.1 Å². The Morgan fingerprint density at radius 1 is 1.16 bits per heavy atom. The molecule has 0 bridgehead atoms. The molecule has 0 aromatic heterocycles. The quantitative estimate of drug-likeness (QED) is 0.302. The number of hydrogen-bond acceptors (Lipinski definition) is 9. The smallest absolute Gasteiger partial charge is 0.469 e. The normalized spacial score (nSPS) is 14.5. The Labute approximate surface area is 147 Å². The topological polar surface area (TPSA) is 126 Å². The molecule has 11 heteroatoms. The van der Waals surface area contributed by atoms with E-state index in [-0.39, 0.29) is 25.5 Å². The minimum atomic E-state index is -4.13. The van der Waals surface area contributed by atoms with Gasteiger partial charge in [0.05, 0.1) is 20.1 Å². The summed E-state index contributed by atoms with van der Waals surface area (Å²) in [6.07, 6.45) is -1.17. The number of methoxy groups -OCH3 is 1. The molecule has 0 aromatic rings. The van der Waals surface area contributed by atoms with Crippen LogP contribution in [-0.2, 0) is 42.0 Å². The minimum absolute atomic E-state index is 0.00781. The first kappa shape index (κ1) is 23.5. The van der Waals surface area contributed by atoms with Crippen molar-refractivity contribution in [1.82, 2.24) is 5.32 Å². The lowest BCUT2D eigenvalue weighted by Gasteiger charge is -2.25. The van der Waals surface area contributed by atoms with Crippen molar-refractivity contribution in [1.29, 1.82) is 0 Å². The molecule has 0 aliphatic heterocycles. The Bertz CT molecular complexity index is 495. The van der Waals surface area contributed by atoms with Crippen molar-refractivity contribution < 1.29 is 42.0 Å². The molecule has 0 spiro atoms. The van der Waals surface area contributed by atoms with E-state index in [0.29, 0.717) is 0 Å². The van der Waals surface area contributed by atoms with E-state index in [1.807, 2.05) is 0 Å². The molecule has 0 aliphatic carbocycles. The molecule has 0 heterocycles. The lowest BCUT2D eigenvalue weighted by molar-refractivity contribution is -0.149. The van der Waals surface area contributed by atoms with E-state index in [9.17, 15) is 18.9 Å². The van der Waals surface area contributed by atoms with Crippen LogP contribution in [0.25, 0.3) is 0 Å². The van der Waals surface area contributed by atoms with Crippen LogP contribution in [0.1, 0.15) is 34.1 Å². The zero-order valence-corrected chi connectivity index (χ0v) is 16.0. The molecule has 0 rings (SSSR count). The largest absolute Gasteiger partial charge is 0.478 e. The fourth-order valence-electron chi connectivity index (χ4n) is 1.53. The van der Waals surface area contributed by atoms with Gasteiger partial charge in [-0.05, 0) is 12.8 Å². The van der Waals surface area contributed by atoms with Crippen molar-refractivity contribution in [3.63, 3.8) is 0 Å². The molecule has 10 nitrogen and oxygen atoms in total. The SMILES string of the molecule is CCOP(=O)(OCOC(C)=O)O[C@@H](C(=O)NCCC(=O)OC)C(C)C. The van der Waals surface area contributed by atoms with E-state index in [4.69, 9.17) is 13.6 Å². The Hall–Kier alpha value is -1.48. The summed E-state index contributed by atoms with van der Waals surface area (Å²) in [5.74, 6) is -2.07. The second-order valence-electron chi connectivity index (χ2n) is 5.14. The Morgan fingerprint density at radius 3 is 2.28 bits per heavy atom. The molecule has 2 atom stereocenters. The van der Waals surface area contributed by atoms with Gasteiger partial charge >= 0.3 is 19.8 Å². The highest BCUT2D eigenvalue weighted by molar-refractivity contribution is 7.48. The van der Waals surface area contributed by atoms with Gasteiger partial charge in [-0.25, -0.2) is 9.09 Å². The minimum Gasteiger partial charge on any atom is -0.469 e. The predicted molar refractivity (Wildman–Crippen MR) is 86.3 cm³/mol. The molecule has 0 saturated carbocycles. The van der Waals surface area contributed by atoms with Crippen LogP contribution in [0.4, 0.5) is 0 Å². The maximum atomic E-state index is 12.5. The Morgan fingerprint density at radius 2 is 1.80 bits per heavy atom. The summed E-state index contributed by atoms with van der Waals surface area (Å²) in [6, 6.07) is 0. The first-order valence-corrected chi connectivity index (χ1v) is 9.16. The van der Waals surface area contributed by atoms with Crippen molar-refractivity contribution in [3.05, 3.63) is 0 Å². The average Bonchev–Trinajstić information content (AvgIpc) is 2.52. The van der Waals surface area contributed by atoms with Crippen LogP contribution in [-0.4, -0.2) is 51.0 Å². The summed E-state index contributed by atoms with van der Waals surface area (Å²) in [6.45, 7) is 5.45. The molecule has 25 heavy (non-hydrogen) atoms. The van der Waals surface area contributed by atoms with Gasteiger partial charge in [-0.15, -0.1) is 0 Å². The number of amides is 1. The third kappa shape index (κ3) is 10.2. The number of carbonyl (C=O) groups excluding carboxylic acids is 3. The van der Waals surface area contributed by atoms with E-state index < -0.39 is 38.6 Å². The molecule has 1 N–H and O–H groups in total. The Kier molecular flexibility index (Phi) is 11.3.